The van der Waals surface area contributed by atoms with Crippen molar-refractivity contribution < 1.29 is 43.6 Å². The Morgan fingerprint density at radius 3 is 1.52 bits per heavy atom. The van der Waals surface area contributed by atoms with Crippen LogP contribution in [0.3, 0.4) is 0 Å². The molecule has 2 atom stereocenters. The quantitative estimate of drug-likeness (QED) is 0.0718. The third-order valence-corrected chi connectivity index (χ3v) is 10.4. The van der Waals surface area contributed by atoms with Crippen molar-refractivity contribution in [3.63, 3.8) is 0 Å². The second kappa shape index (κ2) is 24.3. The Bertz CT molecular complexity index is 2480. The molecule has 0 saturated carbocycles. The predicted octanol–water partition coefficient (Wildman–Crippen LogP) is 9.78. The number of hydrogen-bond donors (Lipinski definition) is 4. The summed E-state index contributed by atoms with van der Waals surface area (Å²) in [6, 6.07) is 33.7. The summed E-state index contributed by atoms with van der Waals surface area (Å²) < 4.78 is 23.9. The number of hydrogen-bond acceptors (Lipinski definition) is 9. The van der Waals surface area contributed by atoms with Gasteiger partial charge in [0.15, 0.2) is 0 Å². The molecular weight excluding hydrogens is 862 g/mol. The number of benzene rings is 4. The molecule has 2 fully saturated rings. The van der Waals surface area contributed by atoms with Gasteiger partial charge in [0.25, 0.3) is 5.97 Å². The molecule has 2 aliphatic heterocycles. The van der Waals surface area contributed by atoms with Crippen LogP contribution in [0, 0.1) is 13.4 Å². The zero-order valence-electron chi connectivity index (χ0n) is 35.8. The summed E-state index contributed by atoms with van der Waals surface area (Å²) in [4.78, 5) is 40.1. The van der Waals surface area contributed by atoms with Crippen molar-refractivity contribution in [2.24, 2.45) is 0 Å². The second-order valence-electron chi connectivity index (χ2n) is 14.4. The van der Waals surface area contributed by atoms with Gasteiger partial charge in [0.05, 0.1) is 14.2 Å². The predicted molar refractivity (Wildman–Crippen MR) is 248 cm³/mol. The van der Waals surface area contributed by atoms with Gasteiger partial charge in [-0.05, 0) is 126 Å². The van der Waals surface area contributed by atoms with Crippen molar-refractivity contribution in [1.29, 1.82) is 0 Å². The molecule has 4 aromatic carbocycles. The third-order valence-electron chi connectivity index (χ3n) is 9.93. The summed E-state index contributed by atoms with van der Waals surface area (Å²) in [6.07, 6.45) is 6.21. The molecule has 4 N–H and O–H groups in total. The average Bonchev–Trinajstić information content (AvgIpc) is 3.21. The van der Waals surface area contributed by atoms with Gasteiger partial charge in [-0.3, -0.25) is 9.59 Å². The van der Waals surface area contributed by atoms with E-state index in [1.807, 2.05) is 96.0 Å². The standard InChI is InChI=1S/C23H21ClN2O3.C19H15ClFNO.C4H7NO2.C2H4O2.CH3/c1-29-21-7-5-15(12-19(21)17-3-2-4-18(24)13-17)11-16-6-8-22(25-14-16)26-10-9-20(26)23(27)28;1-23-18-7-5-13(9-14-6-8-19(21)22-12-14)10-17(18)15-3-2-4-16(20)11-15;6-4(7)3-1-2-5-3;1-2(3)4;/h2-8,12-14,20H,9-11H2,1H3,(H,27,28);2-8,10-12H,9H2,1H3;3,5H,1-2H2,(H,6,7);1H3,(H,3,4);1H3/q;;;;-1. The van der Waals surface area contributed by atoms with Crippen LogP contribution in [0.2, 0.25) is 10.0 Å². The van der Waals surface area contributed by atoms with Crippen molar-refractivity contribution in [1.82, 2.24) is 15.3 Å². The van der Waals surface area contributed by atoms with Crippen LogP contribution in [0.25, 0.3) is 22.3 Å². The highest BCUT2D eigenvalue weighted by Gasteiger charge is 2.34. The topological polar surface area (TPSA) is 171 Å². The second-order valence-corrected chi connectivity index (χ2v) is 15.3. The summed E-state index contributed by atoms with van der Waals surface area (Å²) in [5.41, 5.74) is 8.19. The van der Waals surface area contributed by atoms with Gasteiger partial charge in [-0.1, -0.05) is 71.7 Å². The SMILES string of the molecule is CC(=O)O.COc1ccc(Cc2ccc(F)nc2)cc1-c1cccc(Cl)c1.COc1ccc(Cc2ccc(N3CCC3C(=O)O)nc2)cc1-c1cccc(Cl)c1.O=C(O)C1CCN1.[CH3-]. The molecule has 2 aliphatic rings. The summed E-state index contributed by atoms with van der Waals surface area (Å²) in [7, 11) is 3.30. The monoisotopic (exact) mass is 911 g/mol. The van der Waals surface area contributed by atoms with Gasteiger partial charge >= 0.3 is 11.9 Å². The summed E-state index contributed by atoms with van der Waals surface area (Å²) >= 11 is 12.2. The smallest absolute Gasteiger partial charge is 0.326 e. The number of carboxylic acid groups (broad SMARTS) is 3. The van der Waals surface area contributed by atoms with Gasteiger partial charge in [0, 0.05) is 47.0 Å². The minimum Gasteiger partial charge on any atom is -0.496 e. The van der Waals surface area contributed by atoms with E-state index in [1.54, 1.807) is 26.5 Å². The number of pyridine rings is 2. The Morgan fingerprint density at radius 1 is 0.703 bits per heavy atom. The first-order chi connectivity index (χ1) is 30.2. The summed E-state index contributed by atoms with van der Waals surface area (Å²) in [6.45, 7) is 2.67. The number of nitrogens with one attached hydrogen (secondary N) is 1. The Kier molecular flexibility index (Phi) is 19.1. The fraction of sp³-hybridized carbons (Fsp3) is 0.224. The van der Waals surface area contributed by atoms with Crippen LogP contribution in [0.5, 0.6) is 11.5 Å². The highest BCUT2D eigenvalue weighted by atomic mass is 35.5. The Balaban J connectivity index is 0.000000227. The van der Waals surface area contributed by atoms with Crippen LogP contribution in [-0.4, -0.2) is 82.6 Å². The lowest BCUT2D eigenvalue weighted by Gasteiger charge is -2.38. The molecule has 0 bridgehead atoms. The molecule has 4 heterocycles. The minimum atomic E-state index is -0.833. The number of aliphatic carboxylic acids is 3. The molecular formula is C49H50Cl2FN4O8-. The number of rotatable bonds is 11. The lowest BCUT2D eigenvalue weighted by Crippen LogP contribution is -2.52. The first-order valence-electron chi connectivity index (χ1n) is 19.8. The van der Waals surface area contributed by atoms with E-state index < -0.39 is 29.9 Å². The Morgan fingerprint density at radius 2 is 1.19 bits per heavy atom. The summed E-state index contributed by atoms with van der Waals surface area (Å²) in [5.74, 6) is -0.541. The van der Waals surface area contributed by atoms with Crippen molar-refractivity contribution in [2.75, 3.05) is 32.2 Å². The van der Waals surface area contributed by atoms with E-state index in [-0.39, 0.29) is 13.5 Å². The van der Waals surface area contributed by atoms with E-state index in [4.69, 9.17) is 47.7 Å². The van der Waals surface area contributed by atoms with Crippen molar-refractivity contribution in [2.45, 2.75) is 44.7 Å². The third kappa shape index (κ3) is 14.5. The van der Waals surface area contributed by atoms with E-state index in [9.17, 15) is 19.1 Å². The molecule has 2 unspecified atom stereocenters. The number of carbonyl (C=O) groups is 3. The highest BCUT2D eigenvalue weighted by molar-refractivity contribution is 6.31. The van der Waals surface area contributed by atoms with Crippen LogP contribution >= 0.6 is 23.2 Å². The lowest BCUT2D eigenvalue weighted by atomic mass is 9.98. The summed E-state index contributed by atoms with van der Waals surface area (Å²) in [5, 5.41) is 28.9. The number of carboxylic acids is 3. The van der Waals surface area contributed by atoms with Gasteiger partial charge in [-0.25, -0.2) is 14.8 Å². The molecule has 0 aliphatic carbocycles. The van der Waals surface area contributed by atoms with Gasteiger partial charge in [-0.2, -0.15) is 4.39 Å². The van der Waals surface area contributed by atoms with E-state index in [0.29, 0.717) is 35.1 Å². The number of nitrogens with zero attached hydrogens (tertiary/aromatic N) is 3. The molecule has 12 nitrogen and oxygen atoms in total. The number of ether oxygens (including phenoxy) is 2. The minimum absolute atomic E-state index is 0. The molecule has 2 aromatic heterocycles. The largest absolute Gasteiger partial charge is 0.496 e. The van der Waals surface area contributed by atoms with E-state index in [1.165, 1.54) is 6.07 Å². The molecule has 2 saturated heterocycles. The van der Waals surface area contributed by atoms with Gasteiger partial charge in [0.1, 0.15) is 29.4 Å². The number of halogens is 3. The van der Waals surface area contributed by atoms with E-state index in [0.717, 1.165) is 82.4 Å². The van der Waals surface area contributed by atoms with E-state index >= 15 is 0 Å². The molecule has 15 heteroatoms. The molecule has 0 radical (unpaired) electrons. The highest BCUT2D eigenvalue weighted by Crippen LogP contribution is 2.34. The fourth-order valence-electron chi connectivity index (χ4n) is 6.58. The molecule has 0 amide bonds. The van der Waals surface area contributed by atoms with Gasteiger partial charge < -0.3 is 42.4 Å². The molecule has 336 valence electrons. The molecule has 8 rings (SSSR count). The van der Waals surface area contributed by atoms with Crippen LogP contribution in [0.4, 0.5) is 10.2 Å². The number of anilines is 1. The maximum atomic E-state index is 12.9. The first kappa shape index (κ1) is 50.1. The van der Waals surface area contributed by atoms with Gasteiger partial charge in [-0.15, -0.1) is 0 Å². The molecule has 6 aromatic rings. The molecule has 0 spiro atoms. The van der Waals surface area contributed by atoms with Crippen molar-refractivity contribution in [3.05, 3.63) is 167 Å². The maximum Gasteiger partial charge on any atom is 0.326 e. The Hall–Kier alpha value is -6.54. The zero-order valence-corrected chi connectivity index (χ0v) is 37.3. The Labute approximate surface area is 382 Å². The maximum absolute atomic E-state index is 12.9. The number of methoxy groups -OCH3 is 2. The zero-order chi connectivity index (χ0) is 45.5. The van der Waals surface area contributed by atoms with Crippen LogP contribution in [0.15, 0.2) is 122 Å². The number of aromatic nitrogens is 2. The normalized spacial score (nSPS) is 14.4. The lowest BCUT2D eigenvalue weighted by molar-refractivity contribution is -0.141. The van der Waals surface area contributed by atoms with Crippen LogP contribution < -0.4 is 19.7 Å². The van der Waals surface area contributed by atoms with Crippen LogP contribution in [0.1, 0.15) is 42.0 Å². The first-order valence-corrected chi connectivity index (χ1v) is 20.6. The average molecular weight is 913 g/mol. The van der Waals surface area contributed by atoms with Gasteiger partial charge in [0.2, 0.25) is 5.95 Å². The fourth-order valence-corrected chi connectivity index (χ4v) is 6.97. The van der Waals surface area contributed by atoms with Crippen molar-refractivity contribution >= 4 is 46.9 Å². The van der Waals surface area contributed by atoms with E-state index in [2.05, 4.69) is 27.4 Å². The van der Waals surface area contributed by atoms with Crippen molar-refractivity contribution in [3.8, 4) is 33.8 Å². The van der Waals surface area contributed by atoms with Crippen LogP contribution in [-0.2, 0) is 27.2 Å². The molecule has 64 heavy (non-hydrogen) atoms.